The standard InChI is InChI=1S/C21H26ClN5O/c1-14-17-12-16(22)2-3-18(17)23-19(14)13-26-7-4-20-24-21(25-27(20)9-8-26)15-5-10-28-11-6-15/h2-3,12,15,23H,4-11,13H2,1H3. The van der Waals surface area contributed by atoms with Crippen molar-refractivity contribution in [3.8, 4) is 0 Å². The van der Waals surface area contributed by atoms with E-state index in [1.807, 2.05) is 12.1 Å². The van der Waals surface area contributed by atoms with Gasteiger partial charge in [-0.25, -0.2) is 9.67 Å². The summed E-state index contributed by atoms with van der Waals surface area (Å²) in [5.74, 6) is 2.62. The van der Waals surface area contributed by atoms with Crippen molar-refractivity contribution in [3.05, 3.63) is 46.1 Å². The van der Waals surface area contributed by atoms with E-state index in [2.05, 4.69) is 27.6 Å². The third-order valence-electron chi connectivity index (χ3n) is 6.14. The minimum absolute atomic E-state index is 0.463. The van der Waals surface area contributed by atoms with Crippen LogP contribution < -0.4 is 0 Å². The Morgan fingerprint density at radius 2 is 2.07 bits per heavy atom. The van der Waals surface area contributed by atoms with Crippen molar-refractivity contribution in [3.63, 3.8) is 0 Å². The van der Waals surface area contributed by atoms with Gasteiger partial charge in [0.2, 0.25) is 0 Å². The third-order valence-corrected chi connectivity index (χ3v) is 6.37. The van der Waals surface area contributed by atoms with Crippen LogP contribution in [0, 0.1) is 6.92 Å². The number of benzene rings is 1. The first-order chi connectivity index (χ1) is 13.7. The summed E-state index contributed by atoms with van der Waals surface area (Å²) in [6, 6.07) is 6.05. The molecule has 0 bridgehead atoms. The van der Waals surface area contributed by atoms with Crippen LogP contribution in [0.3, 0.4) is 0 Å². The van der Waals surface area contributed by atoms with Gasteiger partial charge in [-0.1, -0.05) is 11.6 Å². The molecule has 1 N–H and O–H groups in total. The van der Waals surface area contributed by atoms with Crippen molar-refractivity contribution < 1.29 is 4.74 Å². The first-order valence-corrected chi connectivity index (χ1v) is 10.6. The molecule has 0 unspecified atom stereocenters. The largest absolute Gasteiger partial charge is 0.381 e. The molecular formula is C21H26ClN5O. The summed E-state index contributed by atoms with van der Waals surface area (Å²) in [6.07, 6.45) is 3.03. The van der Waals surface area contributed by atoms with E-state index in [1.165, 1.54) is 16.6 Å². The van der Waals surface area contributed by atoms with Crippen LogP contribution in [-0.2, 0) is 24.2 Å². The van der Waals surface area contributed by atoms with Crippen LogP contribution in [0.5, 0.6) is 0 Å². The number of fused-ring (bicyclic) bond motifs is 2. The maximum absolute atomic E-state index is 6.17. The molecule has 28 heavy (non-hydrogen) atoms. The molecule has 6 nitrogen and oxygen atoms in total. The molecule has 1 aromatic carbocycles. The van der Waals surface area contributed by atoms with Crippen LogP contribution in [0.15, 0.2) is 18.2 Å². The Bertz CT molecular complexity index is 963. The molecule has 2 aromatic heterocycles. The van der Waals surface area contributed by atoms with Crippen LogP contribution in [0.2, 0.25) is 5.02 Å². The van der Waals surface area contributed by atoms with Gasteiger partial charge in [-0.3, -0.25) is 4.90 Å². The number of aromatic nitrogens is 4. The summed E-state index contributed by atoms with van der Waals surface area (Å²) < 4.78 is 7.60. The Labute approximate surface area is 169 Å². The Morgan fingerprint density at radius 3 is 2.93 bits per heavy atom. The number of aryl methyl sites for hydroxylation is 1. The average molecular weight is 400 g/mol. The molecule has 0 spiro atoms. The topological polar surface area (TPSA) is 59.0 Å². The lowest BCUT2D eigenvalue weighted by Gasteiger charge is -2.20. The lowest BCUT2D eigenvalue weighted by molar-refractivity contribution is 0.0835. The predicted molar refractivity (Wildman–Crippen MR) is 110 cm³/mol. The van der Waals surface area contributed by atoms with Crippen LogP contribution in [-0.4, -0.2) is 51.0 Å². The number of nitrogens with zero attached hydrogens (tertiary/aromatic N) is 4. The van der Waals surface area contributed by atoms with Crippen LogP contribution in [0.1, 0.15) is 41.7 Å². The van der Waals surface area contributed by atoms with Crippen molar-refractivity contribution in [2.24, 2.45) is 0 Å². The lowest BCUT2D eigenvalue weighted by Crippen LogP contribution is -2.27. The third kappa shape index (κ3) is 3.45. The highest BCUT2D eigenvalue weighted by atomic mass is 35.5. The number of hydrogen-bond donors (Lipinski definition) is 1. The van der Waals surface area contributed by atoms with Crippen molar-refractivity contribution in [1.29, 1.82) is 0 Å². The van der Waals surface area contributed by atoms with Crippen molar-refractivity contribution in [2.75, 3.05) is 26.3 Å². The molecule has 4 heterocycles. The maximum Gasteiger partial charge on any atom is 0.154 e. The first kappa shape index (κ1) is 18.2. The van der Waals surface area contributed by atoms with E-state index < -0.39 is 0 Å². The number of hydrogen-bond acceptors (Lipinski definition) is 4. The number of aromatic amines is 1. The number of nitrogens with one attached hydrogen (secondary N) is 1. The number of halogens is 1. The second-order valence-corrected chi connectivity index (χ2v) is 8.38. The zero-order valence-corrected chi connectivity index (χ0v) is 17.0. The van der Waals surface area contributed by atoms with Gasteiger partial charge < -0.3 is 9.72 Å². The highest BCUT2D eigenvalue weighted by Crippen LogP contribution is 2.27. The van der Waals surface area contributed by atoms with Gasteiger partial charge in [0.15, 0.2) is 5.82 Å². The second-order valence-electron chi connectivity index (χ2n) is 7.94. The van der Waals surface area contributed by atoms with Crippen LogP contribution in [0.4, 0.5) is 0 Å². The van der Waals surface area contributed by atoms with E-state index in [4.69, 9.17) is 26.4 Å². The molecule has 3 aromatic rings. The van der Waals surface area contributed by atoms with Gasteiger partial charge in [0.1, 0.15) is 5.82 Å². The SMILES string of the molecule is Cc1c(CN2CCc3nc(C4CCOCC4)nn3CC2)[nH]c2ccc(Cl)cc12. The zero-order chi connectivity index (χ0) is 19.1. The molecule has 1 saturated heterocycles. The monoisotopic (exact) mass is 399 g/mol. The van der Waals surface area contributed by atoms with E-state index in [0.29, 0.717) is 5.92 Å². The van der Waals surface area contributed by atoms with E-state index >= 15 is 0 Å². The summed E-state index contributed by atoms with van der Waals surface area (Å²) >= 11 is 6.17. The molecule has 7 heteroatoms. The van der Waals surface area contributed by atoms with Gasteiger partial charge in [0.25, 0.3) is 0 Å². The number of H-pyrrole nitrogens is 1. The number of ether oxygens (including phenoxy) is 1. The van der Waals surface area contributed by atoms with Gasteiger partial charge >= 0.3 is 0 Å². The lowest BCUT2D eigenvalue weighted by atomic mass is 10.00. The molecule has 0 radical (unpaired) electrons. The van der Waals surface area contributed by atoms with Gasteiger partial charge in [-0.15, -0.1) is 0 Å². The summed E-state index contributed by atoms with van der Waals surface area (Å²) in [6.45, 7) is 7.64. The molecule has 0 aliphatic carbocycles. The normalized spacial score (nSPS) is 19.1. The smallest absolute Gasteiger partial charge is 0.154 e. The molecule has 1 fully saturated rings. The molecule has 5 rings (SSSR count). The highest BCUT2D eigenvalue weighted by Gasteiger charge is 2.24. The summed E-state index contributed by atoms with van der Waals surface area (Å²) in [5, 5.41) is 6.84. The van der Waals surface area contributed by atoms with Crippen molar-refractivity contribution in [2.45, 2.75) is 45.2 Å². The van der Waals surface area contributed by atoms with E-state index in [9.17, 15) is 0 Å². The predicted octanol–water partition coefficient (Wildman–Crippen LogP) is 3.67. The molecule has 2 aliphatic rings. The highest BCUT2D eigenvalue weighted by molar-refractivity contribution is 6.31. The van der Waals surface area contributed by atoms with E-state index in [-0.39, 0.29) is 0 Å². The average Bonchev–Trinajstić information content (AvgIpc) is 3.20. The van der Waals surface area contributed by atoms with Gasteiger partial charge in [-0.2, -0.15) is 5.10 Å². The van der Waals surface area contributed by atoms with Crippen molar-refractivity contribution >= 4 is 22.5 Å². The zero-order valence-electron chi connectivity index (χ0n) is 16.2. The Kier molecular flexibility index (Phi) is 4.87. The Hall–Kier alpha value is -1.89. The van der Waals surface area contributed by atoms with Crippen LogP contribution >= 0.6 is 11.6 Å². The minimum Gasteiger partial charge on any atom is -0.381 e. The number of rotatable bonds is 3. The fourth-order valence-electron chi connectivity index (χ4n) is 4.39. The fourth-order valence-corrected chi connectivity index (χ4v) is 4.56. The summed E-state index contributed by atoms with van der Waals surface area (Å²) in [4.78, 5) is 11.0. The molecule has 148 valence electrons. The van der Waals surface area contributed by atoms with E-state index in [1.54, 1.807) is 0 Å². The van der Waals surface area contributed by atoms with Crippen LogP contribution in [0.25, 0.3) is 10.9 Å². The summed E-state index contributed by atoms with van der Waals surface area (Å²) in [5.41, 5.74) is 3.72. The molecule has 0 saturated carbocycles. The second kappa shape index (κ2) is 7.50. The van der Waals surface area contributed by atoms with Gasteiger partial charge in [0.05, 0.1) is 6.54 Å². The molecular weight excluding hydrogens is 374 g/mol. The van der Waals surface area contributed by atoms with E-state index in [0.717, 1.165) is 80.8 Å². The fraction of sp³-hybridized carbons (Fsp3) is 0.524. The van der Waals surface area contributed by atoms with Gasteiger partial charge in [-0.05, 0) is 43.5 Å². The minimum atomic E-state index is 0.463. The maximum atomic E-state index is 6.17. The molecule has 2 aliphatic heterocycles. The first-order valence-electron chi connectivity index (χ1n) is 10.2. The Balaban J connectivity index is 1.29. The van der Waals surface area contributed by atoms with Gasteiger partial charge in [0, 0.05) is 66.8 Å². The quantitative estimate of drug-likeness (QED) is 0.730. The summed E-state index contributed by atoms with van der Waals surface area (Å²) in [7, 11) is 0. The molecule has 0 atom stereocenters. The van der Waals surface area contributed by atoms with Crippen molar-refractivity contribution in [1.82, 2.24) is 24.6 Å². The molecule has 0 amide bonds. The Morgan fingerprint density at radius 1 is 1.21 bits per heavy atom.